The van der Waals surface area contributed by atoms with Crippen LogP contribution >= 0.6 is 23.1 Å². The van der Waals surface area contributed by atoms with E-state index in [-0.39, 0.29) is 5.91 Å². The fourth-order valence-corrected chi connectivity index (χ4v) is 3.74. The molecule has 0 aliphatic heterocycles. The molecular formula is C18H24N2O3S2. The van der Waals surface area contributed by atoms with E-state index in [4.69, 9.17) is 9.47 Å². The second kappa shape index (κ2) is 10.6. The normalized spacial score (nSPS) is 10.8. The van der Waals surface area contributed by atoms with E-state index in [0.717, 1.165) is 21.3 Å². The quantitative estimate of drug-likeness (QED) is 0.591. The minimum Gasteiger partial charge on any atom is -0.383 e. The van der Waals surface area contributed by atoms with Crippen LogP contribution in [0.2, 0.25) is 0 Å². The van der Waals surface area contributed by atoms with Crippen LogP contribution in [0.3, 0.4) is 0 Å². The molecular weight excluding hydrogens is 356 g/mol. The number of carbonyl (C=O) groups is 1. The molecule has 0 N–H and O–H groups in total. The Bertz CT molecular complexity index is 651. The molecule has 2 rings (SSSR count). The third-order valence-corrected chi connectivity index (χ3v) is 5.44. The summed E-state index contributed by atoms with van der Waals surface area (Å²) >= 11 is 3.39. The van der Waals surface area contributed by atoms with Gasteiger partial charge in [-0.2, -0.15) is 0 Å². The van der Waals surface area contributed by atoms with Crippen LogP contribution in [0.1, 0.15) is 21.1 Å². The van der Waals surface area contributed by atoms with Crippen LogP contribution < -0.4 is 0 Å². The number of rotatable bonds is 10. The van der Waals surface area contributed by atoms with Gasteiger partial charge in [0, 0.05) is 48.9 Å². The van der Waals surface area contributed by atoms with Gasteiger partial charge in [-0.05, 0) is 31.2 Å². The molecule has 1 aromatic carbocycles. The van der Waals surface area contributed by atoms with Crippen LogP contribution in [-0.2, 0) is 15.2 Å². The SMILES string of the molecule is COCCN(CCOC)C(=O)c1ccc(SCc2csc(C)n2)cc1. The topological polar surface area (TPSA) is 51.7 Å². The Labute approximate surface area is 157 Å². The molecule has 0 spiro atoms. The molecule has 0 fully saturated rings. The minimum atomic E-state index is 0.000719. The Kier molecular flexibility index (Phi) is 8.40. The van der Waals surface area contributed by atoms with E-state index in [1.165, 1.54) is 0 Å². The third kappa shape index (κ3) is 6.43. The van der Waals surface area contributed by atoms with Gasteiger partial charge in [0.1, 0.15) is 0 Å². The molecule has 25 heavy (non-hydrogen) atoms. The summed E-state index contributed by atoms with van der Waals surface area (Å²) in [6, 6.07) is 7.73. The van der Waals surface area contributed by atoms with Gasteiger partial charge in [0.2, 0.25) is 0 Å². The highest BCUT2D eigenvalue weighted by Gasteiger charge is 2.15. The Morgan fingerprint density at radius 3 is 2.32 bits per heavy atom. The monoisotopic (exact) mass is 380 g/mol. The second-order valence-electron chi connectivity index (χ2n) is 5.45. The zero-order valence-electron chi connectivity index (χ0n) is 14.9. The van der Waals surface area contributed by atoms with Gasteiger partial charge in [-0.3, -0.25) is 4.79 Å². The van der Waals surface area contributed by atoms with E-state index in [1.54, 1.807) is 42.2 Å². The number of aromatic nitrogens is 1. The smallest absolute Gasteiger partial charge is 0.254 e. The first kappa shape index (κ1) is 19.9. The molecule has 0 aliphatic rings. The molecule has 2 aromatic rings. The Balaban J connectivity index is 1.95. The van der Waals surface area contributed by atoms with Gasteiger partial charge in [0.25, 0.3) is 5.91 Å². The zero-order chi connectivity index (χ0) is 18.1. The van der Waals surface area contributed by atoms with Gasteiger partial charge >= 0.3 is 0 Å². The van der Waals surface area contributed by atoms with Crippen molar-refractivity contribution in [3.8, 4) is 0 Å². The number of carbonyl (C=O) groups excluding carboxylic acids is 1. The molecule has 1 aromatic heterocycles. The van der Waals surface area contributed by atoms with Gasteiger partial charge in [-0.15, -0.1) is 23.1 Å². The van der Waals surface area contributed by atoms with Crippen molar-refractivity contribution in [3.63, 3.8) is 0 Å². The number of thioether (sulfide) groups is 1. The first-order chi connectivity index (χ1) is 12.1. The van der Waals surface area contributed by atoms with Crippen molar-refractivity contribution in [1.82, 2.24) is 9.88 Å². The van der Waals surface area contributed by atoms with E-state index in [1.807, 2.05) is 31.2 Å². The highest BCUT2D eigenvalue weighted by molar-refractivity contribution is 7.98. The lowest BCUT2D eigenvalue weighted by Crippen LogP contribution is -2.36. The Morgan fingerprint density at radius 2 is 1.80 bits per heavy atom. The number of ether oxygens (including phenoxy) is 2. The predicted octanol–water partition coefficient (Wildman–Crippen LogP) is 3.48. The summed E-state index contributed by atoms with van der Waals surface area (Å²) in [6.07, 6.45) is 0. The fourth-order valence-electron chi connectivity index (χ4n) is 2.23. The van der Waals surface area contributed by atoms with E-state index in [2.05, 4.69) is 10.4 Å². The molecule has 0 atom stereocenters. The Morgan fingerprint density at radius 1 is 1.16 bits per heavy atom. The maximum Gasteiger partial charge on any atom is 0.254 e. The van der Waals surface area contributed by atoms with Crippen molar-refractivity contribution in [2.45, 2.75) is 17.6 Å². The highest BCUT2D eigenvalue weighted by Crippen LogP contribution is 2.24. The molecule has 0 saturated heterocycles. The number of nitrogens with zero attached hydrogens (tertiary/aromatic N) is 2. The van der Waals surface area contributed by atoms with Crippen LogP contribution in [0.4, 0.5) is 0 Å². The molecule has 0 saturated carbocycles. The molecule has 1 heterocycles. The molecule has 1 amide bonds. The summed E-state index contributed by atoms with van der Waals surface area (Å²) in [5.74, 6) is 0.839. The van der Waals surface area contributed by atoms with Crippen molar-refractivity contribution >= 4 is 29.0 Å². The molecule has 0 radical (unpaired) electrons. The lowest BCUT2D eigenvalue weighted by atomic mass is 10.2. The maximum absolute atomic E-state index is 12.6. The number of amides is 1. The molecule has 7 heteroatoms. The highest BCUT2D eigenvalue weighted by atomic mass is 32.2. The van der Waals surface area contributed by atoms with Crippen molar-refractivity contribution in [2.75, 3.05) is 40.5 Å². The standard InChI is InChI=1S/C18H24N2O3S2/c1-14-19-16(12-24-14)13-25-17-6-4-15(5-7-17)18(21)20(8-10-22-2)9-11-23-3/h4-7,12H,8-11,13H2,1-3H3. The predicted molar refractivity (Wildman–Crippen MR) is 103 cm³/mol. The van der Waals surface area contributed by atoms with Crippen LogP contribution in [0.5, 0.6) is 0 Å². The van der Waals surface area contributed by atoms with E-state index >= 15 is 0 Å². The van der Waals surface area contributed by atoms with E-state index in [9.17, 15) is 4.79 Å². The summed E-state index contributed by atoms with van der Waals surface area (Å²) in [7, 11) is 3.27. The van der Waals surface area contributed by atoms with Gasteiger partial charge in [-0.1, -0.05) is 0 Å². The zero-order valence-corrected chi connectivity index (χ0v) is 16.5. The van der Waals surface area contributed by atoms with Crippen LogP contribution in [0.25, 0.3) is 0 Å². The van der Waals surface area contributed by atoms with E-state index in [0.29, 0.717) is 31.9 Å². The average Bonchev–Trinajstić information content (AvgIpc) is 3.05. The first-order valence-corrected chi connectivity index (χ1v) is 9.91. The van der Waals surface area contributed by atoms with Crippen LogP contribution in [-0.4, -0.2) is 56.3 Å². The molecule has 0 bridgehead atoms. The largest absolute Gasteiger partial charge is 0.383 e. The fraction of sp³-hybridized carbons (Fsp3) is 0.444. The number of aryl methyl sites for hydroxylation is 1. The van der Waals surface area contributed by atoms with Gasteiger partial charge in [0.15, 0.2) is 0 Å². The van der Waals surface area contributed by atoms with Gasteiger partial charge in [0.05, 0.1) is 23.9 Å². The average molecular weight is 381 g/mol. The van der Waals surface area contributed by atoms with Gasteiger partial charge in [-0.25, -0.2) is 4.98 Å². The lowest BCUT2D eigenvalue weighted by Gasteiger charge is -2.22. The van der Waals surface area contributed by atoms with Crippen molar-refractivity contribution in [1.29, 1.82) is 0 Å². The molecule has 5 nitrogen and oxygen atoms in total. The lowest BCUT2D eigenvalue weighted by molar-refractivity contribution is 0.0627. The maximum atomic E-state index is 12.6. The summed E-state index contributed by atoms with van der Waals surface area (Å²) in [5, 5.41) is 3.17. The Hall–Kier alpha value is -1.41. The van der Waals surface area contributed by atoms with Gasteiger partial charge < -0.3 is 14.4 Å². The number of hydrogen-bond donors (Lipinski definition) is 0. The van der Waals surface area contributed by atoms with Crippen LogP contribution in [0.15, 0.2) is 34.5 Å². The van der Waals surface area contributed by atoms with E-state index < -0.39 is 0 Å². The van der Waals surface area contributed by atoms with Crippen molar-refractivity contribution < 1.29 is 14.3 Å². The van der Waals surface area contributed by atoms with Crippen molar-refractivity contribution in [3.05, 3.63) is 45.9 Å². The number of methoxy groups -OCH3 is 2. The second-order valence-corrected chi connectivity index (χ2v) is 7.56. The summed E-state index contributed by atoms with van der Waals surface area (Å²) in [4.78, 5) is 20.0. The van der Waals surface area contributed by atoms with Crippen LogP contribution in [0, 0.1) is 6.92 Å². The summed E-state index contributed by atoms with van der Waals surface area (Å²) < 4.78 is 10.2. The summed E-state index contributed by atoms with van der Waals surface area (Å²) in [5.41, 5.74) is 1.78. The third-order valence-electron chi connectivity index (χ3n) is 3.57. The number of benzene rings is 1. The number of thiazole rings is 1. The first-order valence-electron chi connectivity index (χ1n) is 8.05. The molecule has 0 unspecified atom stereocenters. The summed E-state index contributed by atoms with van der Waals surface area (Å²) in [6.45, 7) is 4.14. The molecule has 136 valence electrons. The number of hydrogen-bond acceptors (Lipinski definition) is 6. The minimum absolute atomic E-state index is 0.000719. The molecule has 0 aliphatic carbocycles. The van der Waals surface area contributed by atoms with Crippen molar-refractivity contribution in [2.24, 2.45) is 0 Å².